The summed E-state index contributed by atoms with van der Waals surface area (Å²) in [7, 11) is 0. The molecule has 2 rings (SSSR count). The summed E-state index contributed by atoms with van der Waals surface area (Å²) in [5, 5.41) is 0. The van der Waals surface area contributed by atoms with E-state index in [1.165, 1.54) is 18.6 Å². The first-order chi connectivity index (χ1) is 8.19. The van der Waals surface area contributed by atoms with E-state index in [0.29, 0.717) is 18.4 Å². The lowest BCUT2D eigenvalue weighted by Gasteiger charge is -2.34. The number of benzene rings is 1. The van der Waals surface area contributed by atoms with Crippen molar-refractivity contribution < 1.29 is 9.13 Å². The molecule has 94 valence electrons. The fourth-order valence-corrected chi connectivity index (χ4v) is 2.49. The fourth-order valence-electron chi connectivity index (χ4n) is 2.49. The lowest BCUT2D eigenvalue weighted by Crippen LogP contribution is -2.37. The minimum atomic E-state index is -0.232. The average molecular weight is 237 g/mol. The Morgan fingerprint density at radius 3 is 2.65 bits per heavy atom. The van der Waals surface area contributed by atoms with Gasteiger partial charge in [0.15, 0.2) is 0 Å². The summed E-state index contributed by atoms with van der Waals surface area (Å²) in [6.07, 6.45) is 3.57. The van der Waals surface area contributed by atoms with Gasteiger partial charge in [0.05, 0.1) is 0 Å². The van der Waals surface area contributed by atoms with Crippen molar-refractivity contribution in [2.24, 2.45) is 17.6 Å². The maximum Gasteiger partial charge on any atom is 0.123 e. The van der Waals surface area contributed by atoms with Gasteiger partial charge in [-0.15, -0.1) is 0 Å². The van der Waals surface area contributed by atoms with Crippen LogP contribution in [0, 0.1) is 17.7 Å². The minimum absolute atomic E-state index is 0.175. The molecule has 3 atom stereocenters. The molecule has 0 saturated heterocycles. The van der Waals surface area contributed by atoms with Crippen molar-refractivity contribution in [3.63, 3.8) is 0 Å². The van der Waals surface area contributed by atoms with Crippen LogP contribution in [0.25, 0.3) is 0 Å². The topological polar surface area (TPSA) is 35.2 Å². The summed E-state index contributed by atoms with van der Waals surface area (Å²) in [5.41, 5.74) is 5.78. The predicted octanol–water partition coefficient (Wildman–Crippen LogP) is 2.97. The molecule has 0 amide bonds. The molecule has 1 aliphatic rings. The van der Waals surface area contributed by atoms with E-state index in [4.69, 9.17) is 10.5 Å². The van der Waals surface area contributed by atoms with Gasteiger partial charge in [-0.2, -0.15) is 0 Å². The van der Waals surface area contributed by atoms with Gasteiger partial charge in [-0.25, -0.2) is 4.39 Å². The molecule has 0 aliphatic heterocycles. The SMILES string of the molecule is CC1CCC(CN)C(Oc2ccc(F)cc2)C1. The second-order valence-corrected chi connectivity index (χ2v) is 5.02. The number of ether oxygens (including phenoxy) is 1. The molecule has 3 unspecified atom stereocenters. The van der Waals surface area contributed by atoms with Crippen molar-refractivity contribution in [1.29, 1.82) is 0 Å². The first-order valence-electron chi connectivity index (χ1n) is 6.31. The van der Waals surface area contributed by atoms with Gasteiger partial charge in [0.2, 0.25) is 0 Å². The molecule has 1 aromatic carbocycles. The second-order valence-electron chi connectivity index (χ2n) is 5.02. The highest BCUT2D eigenvalue weighted by Crippen LogP contribution is 2.31. The summed E-state index contributed by atoms with van der Waals surface area (Å²) in [4.78, 5) is 0. The number of hydrogen-bond acceptors (Lipinski definition) is 2. The van der Waals surface area contributed by atoms with Crippen molar-refractivity contribution in [2.75, 3.05) is 6.54 Å². The third kappa shape index (κ3) is 3.19. The molecule has 17 heavy (non-hydrogen) atoms. The van der Waals surface area contributed by atoms with Gasteiger partial charge in [-0.1, -0.05) is 13.3 Å². The van der Waals surface area contributed by atoms with Crippen LogP contribution in [0.2, 0.25) is 0 Å². The van der Waals surface area contributed by atoms with E-state index in [9.17, 15) is 4.39 Å². The molecule has 0 bridgehead atoms. The van der Waals surface area contributed by atoms with Crippen LogP contribution in [0.4, 0.5) is 4.39 Å². The average Bonchev–Trinajstić information content (AvgIpc) is 2.32. The Morgan fingerprint density at radius 1 is 1.29 bits per heavy atom. The summed E-state index contributed by atoms with van der Waals surface area (Å²) in [6.45, 7) is 2.91. The standard InChI is InChI=1S/C14H20FNO/c1-10-2-3-11(9-16)14(8-10)17-13-6-4-12(15)5-7-13/h4-7,10-11,14H,2-3,8-9,16H2,1H3. The zero-order valence-corrected chi connectivity index (χ0v) is 10.2. The van der Waals surface area contributed by atoms with Crippen LogP contribution in [-0.2, 0) is 0 Å². The Labute approximate surface area is 102 Å². The molecule has 0 spiro atoms. The Morgan fingerprint density at radius 2 is 2.00 bits per heavy atom. The summed E-state index contributed by atoms with van der Waals surface area (Å²) < 4.78 is 18.7. The Kier molecular flexibility index (Phi) is 4.00. The number of rotatable bonds is 3. The minimum Gasteiger partial charge on any atom is -0.490 e. The number of nitrogens with two attached hydrogens (primary N) is 1. The van der Waals surface area contributed by atoms with Crippen LogP contribution in [0.15, 0.2) is 24.3 Å². The van der Waals surface area contributed by atoms with Gasteiger partial charge in [0.25, 0.3) is 0 Å². The zero-order valence-electron chi connectivity index (χ0n) is 10.2. The van der Waals surface area contributed by atoms with Crippen LogP contribution in [0.3, 0.4) is 0 Å². The van der Waals surface area contributed by atoms with Crippen LogP contribution in [0.1, 0.15) is 26.2 Å². The van der Waals surface area contributed by atoms with Gasteiger partial charge < -0.3 is 10.5 Å². The van der Waals surface area contributed by atoms with Crippen molar-refractivity contribution in [2.45, 2.75) is 32.3 Å². The van der Waals surface area contributed by atoms with E-state index in [1.54, 1.807) is 12.1 Å². The van der Waals surface area contributed by atoms with Crippen LogP contribution in [0.5, 0.6) is 5.75 Å². The third-order valence-corrected chi connectivity index (χ3v) is 3.59. The third-order valence-electron chi connectivity index (χ3n) is 3.59. The smallest absolute Gasteiger partial charge is 0.123 e. The lowest BCUT2D eigenvalue weighted by molar-refractivity contribution is 0.0741. The van der Waals surface area contributed by atoms with E-state index in [1.807, 2.05) is 0 Å². The highest BCUT2D eigenvalue weighted by atomic mass is 19.1. The van der Waals surface area contributed by atoms with E-state index < -0.39 is 0 Å². The Balaban J connectivity index is 2.02. The van der Waals surface area contributed by atoms with Crippen LogP contribution in [-0.4, -0.2) is 12.6 Å². The molecular formula is C14H20FNO. The molecule has 1 saturated carbocycles. The Hall–Kier alpha value is -1.09. The predicted molar refractivity (Wildman–Crippen MR) is 66.4 cm³/mol. The van der Waals surface area contributed by atoms with Crippen LogP contribution < -0.4 is 10.5 Å². The molecule has 1 aromatic rings. The molecule has 2 nitrogen and oxygen atoms in total. The van der Waals surface area contributed by atoms with Gasteiger partial charge in [0.1, 0.15) is 17.7 Å². The molecule has 1 fully saturated rings. The molecule has 0 heterocycles. The maximum absolute atomic E-state index is 12.8. The molecule has 3 heteroatoms. The molecule has 1 aliphatic carbocycles. The van der Waals surface area contributed by atoms with E-state index in [-0.39, 0.29) is 11.9 Å². The highest BCUT2D eigenvalue weighted by Gasteiger charge is 2.29. The first kappa shape index (κ1) is 12.4. The number of halogens is 1. The van der Waals surface area contributed by atoms with E-state index in [2.05, 4.69) is 6.92 Å². The van der Waals surface area contributed by atoms with Gasteiger partial charge in [0, 0.05) is 5.92 Å². The zero-order chi connectivity index (χ0) is 12.3. The van der Waals surface area contributed by atoms with E-state index >= 15 is 0 Å². The summed E-state index contributed by atoms with van der Waals surface area (Å²) in [6, 6.07) is 6.22. The van der Waals surface area contributed by atoms with Crippen molar-refractivity contribution >= 4 is 0 Å². The van der Waals surface area contributed by atoms with Crippen molar-refractivity contribution in [3.8, 4) is 5.75 Å². The number of hydrogen-bond donors (Lipinski definition) is 1. The highest BCUT2D eigenvalue weighted by molar-refractivity contribution is 5.22. The van der Waals surface area contributed by atoms with Gasteiger partial charge >= 0.3 is 0 Å². The van der Waals surface area contributed by atoms with Gasteiger partial charge in [-0.3, -0.25) is 0 Å². The van der Waals surface area contributed by atoms with Crippen molar-refractivity contribution in [3.05, 3.63) is 30.1 Å². The molecule has 0 radical (unpaired) electrons. The maximum atomic E-state index is 12.8. The van der Waals surface area contributed by atoms with Gasteiger partial charge in [-0.05, 0) is 49.6 Å². The lowest BCUT2D eigenvalue weighted by atomic mass is 9.80. The second kappa shape index (κ2) is 5.50. The molecule has 2 N–H and O–H groups in total. The first-order valence-corrected chi connectivity index (χ1v) is 6.31. The van der Waals surface area contributed by atoms with Crippen molar-refractivity contribution in [1.82, 2.24) is 0 Å². The Bertz CT molecular complexity index is 352. The normalized spacial score (nSPS) is 29.0. The fraction of sp³-hybridized carbons (Fsp3) is 0.571. The largest absolute Gasteiger partial charge is 0.490 e. The summed E-state index contributed by atoms with van der Waals surface area (Å²) >= 11 is 0. The quantitative estimate of drug-likeness (QED) is 0.877. The molecule has 0 aromatic heterocycles. The van der Waals surface area contributed by atoms with Crippen LogP contribution >= 0.6 is 0 Å². The van der Waals surface area contributed by atoms with E-state index in [0.717, 1.165) is 18.6 Å². The summed E-state index contributed by atoms with van der Waals surface area (Å²) in [5.74, 6) is 1.62. The molecular weight excluding hydrogens is 217 g/mol. The monoisotopic (exact) mass is 237 g/mol.